The lowest BCUT2D eigenvalue weighted by atomic mass is 10.1. The van der Waals surface area contributed by atoms with Crippen molar-refractivity contribution in [2.75, 3.05) is 18.1 Å². The number of rotatable bonds is 4. The summed E-state index contributed by atoms with van der Waals surface area (Å²) in [6.07, 6.45) is 0.339. The zero-order valence-corrected chi connectivity index (χ0v) is 11.8. The highest BCUT2D eigenvalue weighted by Crippen LogP contribution is 2.18. The van der Waals surface area contributed by atoms with Crippen LogP contribution in [0.3, 0.4) is 0 Å². The van der Waals surface area contributed by atoms with Gasteiger partial charge in [-0.1, -0.05) is 0 Å². The summed E-state index contributed by atoms with van der Waals surface area (Å²) in [7, 11) is -6.50. The largest absolute Gasteiger partial charge is 0.324 e. The van der Waals surface area contributed by atoms with Crippen molar-refractivity contribution in [3.8, 4) is 0 Å². The summed E-state index contributed by atoms with van der Waals surface area (Å²) in [6.45, 7) is 3.60. The van der Waals surface area contributed by atoms with Crippen molar-refractivity contribution in [1.82, 2.24) is 4.72 Å². The zero-order valence-electron chi connectivity index (χ0n) is 10.1. The Kier molecular flexibility index (Phi) is 4.23. The number of sulfone groups is 1. The number of nitrogens with one attached hydrogen (secondary N) is 1. The second-order valence-corrected chi connectivity index (χ2v) is 9.55. The Balaban J connectivity index is 2.61. The maximum atomic E-state index is 11.9. The molecule has 0 saturated carbocycles. The van der Waals surface area contributed by atoms with E-state index in [1.54, 1.807) is 13.8 Å². The van der Waals surface area contributed by atoms with Crippen molar-refractivity contribution < 1.29 is 16.8 Å². The van der Waals surface area contributed by atoms with E-state index in [-0.39, 0.29) is 30.9 Å². The van der Waals surface area contributed by atoms with Crippen molar-refractivity contribution in [3.63, 3.8) is 0 Å². The summed E-state index contributed by atoms with van der Waals surface area (Å²) in [4.78, 5) is 0. The van der Waals surface area contributed by atoms with Crippen LogP contribution in [0.15, 0.2) is 0 Å². The lowest BCUT2D eigenvalue weighted by Gasteiger charge is -2.25. The second kappa shape index (κ2) is 4.83. The predicted octanol–water partition coefficient (Wildman–Crippen LogP) is -0.780. The fraction of sp³-hybridized carbons (Fsp3) is 1.00. The van der Waals surface area contributed by atoms with E-state index in [9.17, 15) is 16.8 Å². The molecule has 0 spiro atoms. The third kappa shape index (κ3) is 4.90. The maximum absolute atomic E-state index is 11.9. The predicted molar refractivity (Wildman–Crippen MR) is 66.9 cm³/mol. The van der Waals surface area contributed by atoms with Crippen LogP contribution < -0.4 is 10.5 Å². The number of hydrogen-bond acceptors (Lipinski definition) is 5. The molecule has 1 saturated heterocycles. The van der Waals surface area contributed by atoms with Crippen LogP contribution in [0.4, 0.5) is 0 Å². The highest BCUT2D eigenvalue weighted by atomic mass is 32.2. The molecular formula is C9H20N2O4S2. The summed E-state index contributed by atoms with van der Waals surface area (Å²) in [5.41, 5.74) is 5.08. The van der Waals surface area contributed by atoms with Gasteiger partial charge in [-0.05, 0) is 26.7 Å². The summed E-state index contributed by atoms with van der Waals surface area (Å²) >= 11 is 0. The van der Waals surface area contributed by atoms with E-state index >= 15 is 0 Å². The second-order valence-electron chi connectivity index (χ2n) is 5.21. The van der Waals surface area contributed by atoms with Gasteiger partial charge < -0.3 is 5.73 Å². The van der Waals surface area contributed by atoms with E-state index in [1.807, 2.05) is 0 Å². The first-order valence-electron chi connectivity index (χ1n) is 5.50. The van der Waals surface area contributed by atoms with Gasteiger partial charge in [-0.15, -0.1) is 0 Å². The number of nitrogens with two attached hydrogens (primary N) is 1. The van der Waals surface area contributed by atoms with Crippen LogP contribution in [0.2, 0.25) is 0 Å². The molecule has 0 aromatic carbocycles. The van der Waals surface area contributed by atoms with Crippen LogP contribution in [0.5, 0.6) is 0 Å². The minimum absolute atomic E-state index is 0.0510. The molecule has 1 heterocycles. The Morgan fingerprint density at radius 1 is 1.29 bits per heavy atom. The Morgan fingerprint density at radius 2 is 1.76 bits per heavy atom. The van der Waals surface area contributed by atoms with Crippen LogP contribution >= 0.6 is 0 Å². The Morgan fingerprint density at radius 3 is 2.18 bits per heavy atom. The van der Waals surface area contributed by atoms with Crippen LogP contribution in [-0.2, 0) is 19.9 Å². The molecule has 0 unspecified atom stereocenters. The maximum Gasteiger partial charge on any atom is 0.214 e. The molecule has 3 N–H and O–H groups in total. The quantitative estimate of drug-likeness (QED) is 0.704. The molecule has 1 fully saturated rings. The molecule has 0 aromatic heterocycles. The van der Waals surface area contributed by atoms with E-state index in [1.165, 1.54) is 0 Å². The van der Waals surface area contributed by atoms with Crippen molar-refractivity contribution >= 4 is 19.9 Å². The van der Waals surface area contributed by atoms with Gasteiger partial charge in [-0.2, -0.15) is 0 Å². The molecule has 102 valence electrons. The smallest absolute Gasteiger partial charge is 0.214 e. The van der Waals surface area contributed by atoms with E-state index in [2.05, 4.69) is 4.72 Å². The monoisotopic (exact) mass is 284 g/mol. The van der Waals surface area contributed by atoms with Gasteiger partial charge in [0, 0.05) is 12.1 Å². The van der Waals surface area contributed by atoms with Crippen LogP contribution in [0, 0.1) is 0 Å². The number of sulfonamides is 1. The Bertz CT molecular complexity index is 448. The van der Waals surface area contributed by atoms with Gasteiger partial charge in [0.25, 0.3) is 0 Å². The third-order valence-corrected chi connectivity index (χ3v) is 6.28. The van der Waals surface area contributed by atoms with Gasteiger partial charge in [-0.3, -0.25) is 0 Å². The molecule has 1 rings (SSSR count). The highest BCUT2D eigenvalue weighted by molar-refractivity contribution is 7.92. The van der Waals surface area contributed by atoms with Gasteiger partial charge in [-0.25, -0.2) is 21.6 Å². The summed E-state index contributed by atoms with van der Waals surface area (Å²) in [5, 5.41) is -0.617. The molecule has 8 heteroatoms. The van der Waals surface area contributed by atoms with Crippen LogP contribution in [0.25, 0.3) is 0 Å². The highest BCUT2D eigenvalue weighted by Gasteiger charge is 2.33. The lowest BCUT2D eigenvalue weighted by molar-refractivity contribution is 0.489. The molecule has 0 aliphatic carbocycles. The summed E-state index contributed by atoms with van der Waals surface area (Å²) in [6, 6.07) is 0. The molecule has 0 amide bonds. The average Bonchev–Trinajstić information content (AvgIpc) is 2.13. The van der Waals surface area contributed by atoms with Crippen LogP contribution in [0.1, 0.15) is 26.7 Å². The minimum atomic E-state index is -3.46. The van der Waals surface area contributed by atoms with Crippen molar-refractivity contribution in [2.24, 2.45) is 5.73 Å². The van der Waals surface area contributed by atoms with Crippen LogP contribution in [-0.4, -0.2) is 45.7 Å². The standard InChI is InChI=1S/C9H20N2O4S2/c1-9(2,10)7-11-17(14,15)8-3-5-16(12,13)6-4-8/h8,11H,3-7,10H2,1-2H3. The van der Waals surface area contributed by atoms with Gasteiger partial charge in [0.1, 0.15) is 9.84 Å². The topological polar surface area (TPSA) is 106 Å². The van der Waals surface area contributed by atoms with Crippen molar-refractivity contribution in [3.05, 3.63) is 0 Å². The number of hydrogen-bond donors (Lipinski definition) is 2. The SMILES string of the molecule is CC(C)(N)CNS(=O)(=O)C1CCS(=O)(=O)CC1. The van der Waals surface area contributed by atoms with Gasteiger partial charge in [0.2, 0.25) is 10.0 Å². The Hall–Kier alpha value is -0.180. The molecule has 0 radical (unpaired) electrons. The van der Waals surface area contributed by atoms with E-state index in [0.717, 1.165) is 0 Å². The molecule has 17 heavy (non-hydrogen) atoms. The molecule has 0 aromatic rings. The molecule has 1 aliphatic rings. The fourth-order valence-corrected chi connectivity index (χ4v) is 5.04. The van der Waals surface area contributed by atoms with E-state index < -0.39 is 30.6 Å². The minimum Gasteiger partial charge on any atom is -0.324 e. The first-order valence-corrected chi connectivity index (χ1v) is 8.86. The Labute approximate surface area is 103 Å². The molecular weight excluding hydrogens is 264 g/mol. The van der Waals surface area contributed by atoms with E-state index in [4.69, 9.17) is 5.73 Å². The first-order chi connectivity index (χ1) is 7.52. The normalized spacial score (nSPS) is 22.5. The fourth-order valence-electron chi connectivity index (χ4n) is 1.58. The third-order valence-electron chi connectivity index (χ3n) is 2.67. The van der Waals surface area contributed by atoms with Gasteiger partial charge >= 0.3 is 0 Å². The summed E-state index contributed by atoms with van der Waals surface area (Å²) in [5.74, 6) is -0.102. The molecule has 1 aliphatic heterocycles. The zero-order chi connectivity index (χ0) is 13.3. The molecule has 6 nitrogen and oxygen atoms in total. The van der Waals surface area contributed by atoms with Gasteiger partial charge in [0.05, 0.1) is 16.8 Å². The van der Waals surface area contributed by atoms with Crippen molar-refractivity contribution in [2.45, 2.75) is 37.5 Å². The first kappa shape index (κ1) is 14.9. The molecule has 0 bridgehead atoms. The van der Waals surface area contributed by atoms with Gasteiger partial charge in [0.15, 0.2) is 0 Å². The lowest BCUT2D eigenvalue weighted by Crippen LogP contribution is -2.48. The van der Waals surface area contributed by atoms with E-state index in [0.29, 0.717) is 0 Å². The molecule has 0 atom stereocenters. The average molecular weight is 284 g/mol. The summed E-state index contributed by atoms with van der Waals surface area (Å²) < 4.78 is 48.6. The van der Waals surface area contributed by atoms with Crippen molar-refractivity contribution in [1.29, 1.82) is 0 Å².